The van der Waals surface area contributed by atoms with Crippen LogP contribution in [-0.4, -0.2) is 34.6 Å². The largest absolute Gasteiger partial charge is 0.497 e. The summed E-state index contributed by atoms with van der Waals surface area (Å²) in [7, 11) is 1.59. The highest BCUT2D eigenvalue weighted by Crippen LogP contribution is 2.30. The molecule has 33 heavy (non-hydrogen) atoms. The Kier molecular flexibility index (Phi) is 6.18. The van der Waals surface area contributed by atoms with Gasteiger partial charge in [-0.2, -0.15) is 0 Å². The van der Waals surface area contributed by atoms with Crippen molar-refractivity contribution >= 4 is 22.7 Å². The molecule has 0 saturated heterocycles. The zero-order valence-electron chi connectivity index (χ0n) is 18.7. The van der Waals surface area contributed by atoms with Crippen molar-refractivity contribution in [2.24, 2.45) is 0 Å². The molecule has 1 aromatic heterocycles. The number of nitrogens with zero attached hydrogens (tertiary/aromatic N) is 1. The molecule has 3 aromatic carbocycles. The van der Waals surface area contributed by atoms with Crippen LogP contribution in [0.2, 0.25) is 0 Å². The number of carboxylic acids is 1. The van der Waals surface area contributed by atoms with E-state index < -0.39 is 12.1 Å². The monoisotopic (exact) mass is 443 g/mol. The summed E-state index contributed by atoms with van der Waals surface area (Å²) in [5, 5.41) is 10.0. The fourth-order valence-corrected chi connectivity index (χ4v) is 3.96. The molecule has 0 spiro atoms. The first kappa shape index (κ1) is 22.1. The quantitative estimate of drug-likeness (QED) is 0.384. The summed E-state index contributed by atoms with van der Waals surface area (Å²) in [4.78, 5) is 24.6. The Hall–Kier alpha value is -4.06. The average molecular weight is 443 g/mol. The molecule has 0 fully saturated rings. The molecular weight excluding hydrogens is 418 g/mol. The molecular formula is C27H25NO5. The van der Waals surface area contributed by atoms with Crippen LogP contribution in [0.1, 0.15) is 34.1 Å². The van der Waals surface area contributed by atoms with Crippen LogP contribution >= 0.6 is 0 Å². The van der Waals surface area contributed by atoms with E-state index in [9.17, 15) is 9.59 Å². The lowest BCUT2D eigenvalue weighted by Crippen LogP contribution is -2.22. The lowest BCUT2D eigenvalue weighted by molar-refractivity contribution is -0.144. The van der Waals surface area contributed by atoms with Crippen LogP contribution in [0.5, 0.6) is 11.5 Å². The van der Waals surface area contributed by atoms with Gasteiger partial charge in [-0.1, -0.05) is 30.3 Å². The van der Waals surface area contributed by atoms with Crippen molar-refractivity contribution in [3.05, 3.63) is 95.2 Å². The average Bonchev–Trinajstić information content (AvgIpc) is 3.10. The number of hydrogen-bond donors (Lipinski definition) is 1. The Morgan fingerprint density at radius 1 is 0.970 bits per heavy atom. The molecule has 6 heteroatoms. The smallest absolute Gasteiger partial charge is 0.344 e. The van der Waals surface area contributed by atoms with Crippen molar-refractivity contribution in [3.63, 3.8) is 0 Å². The molecule has 1 atom stereocenters. The van der Waals surface area contributed by atoms with Gasteiger partial charge in [0.2, 0.25) is 0 Å². The Morgan fingerprint density at radius 2 is 1.70 bits per heavy atom. The maximum Gasteiger partial charge on any atom is 0.344 e. The first-order valence-corrected chi connectivity index (χ1v) is 10.6. The first-order valence-electron chi connectivity index (χ1n) is 10.6. The van der Waals surface area contributed by atoms with Crippen molar-refractivity contribution < 1.29 is 24.2 Å². The van der Waals surface area contributed by atoms with Crippen molar-refractivity contribution in [2.75, 3.05) is 7.11 Å². The van der Waals surface area contributed by atoms with Gasteiger partial charge in [-0.05, 0) is 61.9 Å². The lowest BCUT2D eigenvalue weighted by atomic mass is 10.0. The van der Waals surface area contributed by atoms with E-state index in [0.29, 0.717) is 29.2 Å². The van der Waals surface area contributed by atoms with Gasteiger partial charge in [0.1, 0.15) is 11.5 Å². The third-order valence-electron chi connectivity index (χ3n) is 5.71. The molecule has 4 aromatic rings. The summed E-state index contributed by atoms with van der Waals surface area (Å²) in [6.07, 6.45) is -0.942. The highest BCUT2D eigenvalue weighted by molar-refractivity contribution is 6.17. The predicted octanol–water partition coefficient (Wildman–Crippen LogP) is 5.09. The summed E-state index contributed by atoms with van der Waals surface area (Å²) in [6, 6.07) is 22.3. The second kappa shape index (κ2) is 9.20. The number of rotatable bonds is 8. The predicted molar refractivity (Wildman–Crippen MR) is 126 cm³/mol. The number of ketones is 1. The van der Waals surface area contributed by atoms with E-state index >= 15 is 0 Å². The van der Waals surface area contributed by atoms with E-state index in [2.05, 4.69) is 4.57 Å². The Bertz CT molecular complexity index is 1320. The van der Waals surface area contributed by atoms with E-state index in [0.717, 1.165) is 22.2 Å². The fourth-order valence-electron chi connectivity index (χ4n) is 3.96. The van der Waals surface area contributed by atoms with Gasteiger partial charge in [0, 0.05) is 28.7 Å². The number of ether oxygens (including phenoxy) is 2. The molecule has 1 N–H and O–H groups in total. The van der Waals surface area contributed by atoms with Crippen molar-refractivity contribution in [1.82, 2.24) is 4.57 Å². The maximum atomic E-state index is 13.5. The van der Waals surface area contributed by atoms with Crippen molar-refractivity contribution in [2.45, 2.75) is 26.5 Å². The minimum absolute atomic E-state index is 0.0440. The normalized spacial score (nSPS) is 11.8. The topological polar surface area (TPSA) is 77.8 Å². The number of carboxylic acid groups (broad SMARTS) is 1. The van der Waals surface area contributed by atoms with E-state index in [1.54, 1.807) is 37.4 Å². The molecule has 0 amide bonds. The molecule has 0 unspecified atom stereocenters. The van der Waals surface area contributed by atoms with Crippen LogP contribution in [0.15, 0.2) is 72.8 Å². The third kappa shape index (κ3) is 4.46. The molecule has 0 aliphatic heterocycles. The number of aliphatic carboxylic acids is 1. The van der Waals surface area contributed by atoms with E-state index in [1.807, 2.05) is 49.4 Å². The lowest BCUT2D eigenvalue weighted by Gasteiger charge is -2.13. The molecule has 1 heterocycles. The molecule has 0 aliphatic carbocycles. The Morgan fingerprint density at radius 3 is 2.39 bits per heavy atom. The van der Waals surface area contributed by atoms with E-state index in [4.69, 9.17) is 14.6 Å². The number of carbonyl (C=O) groups excluding carboxylic acids is 1. The molecule has 4 rings (SSSR count). The first-order chi connectivity index (χ1) is 15.9. The molecule has 6 nitrogen and oxygen atoms in total. The molecule has 0 aliphatic rings. The van der Waals surface area contributed by atoms with Gasteiger partial charge < -0.3 is 19.1 Å². The number of fused-ring (bicyclic) bond motifs is 1. The van der Waals surface area contributed by atoms with Crippen LogP contribution < -0.4 is 9.47 Å². The molecule has 0 bridgehead atoms. The van der Waals surface area contributed by atoms with Crippen LogP contribution in [0.25, 0.3) is 10.9 Å². The van der Waals surface area contributed by atoms with Crippen LogP contribution in [0.3, 0.4) is 0 Å². The van der Waals surface area contributed by atoms with Gasteiger partial charge in [0.25, 0.3) is 0 Å². The third-order valence-corrected chi connectivity index (χ3v) is 5.71. The molecule has 0 radical (unpaired) electrons. The summed E-state index contributed by atoms with van der Waals surface area (Å²) in [5.74, 6) is 0.128. The van der Waals surface area contributed by atoms with Crippen LogP contribution in [0.4, 0.5) is 0 Å². The Labute approximate surface area is 192 Å². The highest BCUT2D eigenvalue weighted by Gasteiger charge is 2.21. The van der Waals surface area contributed by atoms with Crippen molar-refractivity contribution in [3.8, 4) is 11.5 Å². The van der Waals surface area contributed by atoms with Gasteiger partial charge in [0.05, 0.1) is 12.7 Å². The minimum atomic E-state index is -1.02. The van der Waals surface area contributed by atoms with Crippen LogP contribution in [-0.2, 0) is 11.3 Å². The SMILES string of the molecule is COc1ccc(C(=O)c2c(C)n(Cc3cccc(O[C@@H](C)C(=O)O)c3)c3ccccc23)cc1. The number of methoxy groups -OCH3 is 1. The van der Waals surface area contributed by atoms with Gasteiger partial charge in [0.15, 0.2) is 11.9 Å². The minimum Gasteiger partial charge on any atom is -0.497 e. The number of aromatic nitrogens is 1. The standard InChI is InChI=1S/C27H25NO5/c1-17-25(26(29)20-11-13-21(32-3)14-12-20)23-9-4-5-10-24(23)28(17)16-19-7-6-8-22(15-19)33-18(2)27(30)31/h4-15,18H,16H2,1-3H3,(H,30,31)/t18-/m0/s1. The number of carbonyl (C=O) groups is 2. The zero-order valence-corrected chi connectivity index (χ0v) is 18.7. The fraction of sp³-hybridized carbons (Fsp3) is 0.185. The van der Waals surface area contributed by atoms with E-state index in [-0.39, 0.29) is 5.78 Å². The molecule has 0 saturated carbocycles. The van der Waals surface area contributed by atoms with Crippen molar-refractivity contribution in [1.29, 1.82) is 0 Å². The summed E-state index contributed by atoms with van der Waals surface area (Å²) < 4.78 is 12.8. The summed E-state index contributed by atoms with van der Waals surface area (Å²) in [5.41, 5.74) is 4.03. The second-order valence-corrected chi connectivity index (χ2v) is 7.87. The number of hydrogen-bond acceptors (Lipinski definition) is 4. The van der Waals surface area contributed by atoms with Gasteiger partial charge in [-0.15, -0.1) is 0 Å². The number of benzene rings is 3. The second-order valence-electron chi connectivity index (χ2n) is 7.87. The number of para-hydroxylation sites is 1. The Balaban J connectivity index is 1.72. The maximum absolute atomic E-state index is 13.5. The van der Waals surface area contributed by atoms with Gasteiger partial charge in [-0.3, -0.25) is 4.79 Å². The summed E-state index contributed by atoms with van der Waals surface area (Å²) >= 11 is 0. The van der Waals surface area contributed by atoms with E-state index in [1.165, 1.54) is 6.92 Å². The molecule has 168 valence electrons. The van der Waals surface area contributed by atoms with Gasteiger partial charge in [-0.25, -0.2) is 4.79 Å². The van der Waals surface area contributed by atoms with Gasteiger partial charge >= 0.3 is 5.97 Å². The van der Waals surface area contributed by atoms with Crippen LogP contribution in [0, 0.1) is 6.92 Å². The summed E-state index contributed by atoms with van der Waals surface area (Å²) in [6.45, 7) is 3.96. The highest BCUT2D eigenvalue weighted by atomic mass is 16.5. The zero-order chi connectivity index (χ0) is 23.5.